The molecule has 0 saturated heterocycles. The summed E-state index contributed by atoms with van der Waals surface area (Å²) in [7, 11) is 0. The van der Waals surface area contributed by atoms with Crippen LogP contribution in [0.25, 0.3) is 10.9 Å². The van der Waals surface area contributed by atoms with Gasteiger partial charge in [0.25, 0.3) is 5.56 Å². The number of anilines is 1. The summed E-state index contributed by atoms with van der Waals surface area (Å²) in [5, 5.41) is 4.33. The first kappa shape index (κ1) is 16.2. The smallest absolute Gasteiger partial charge is 0.253 e. The quantitative estimate of drug-likeness (QED) is 0.743. The van der Waals surface area contributed by atoms with Crippen molar-refractivity contribution in [2.75, 3.05) is 5.32 Å². The van der Waals surface area contributed by atoms with Crippen molar-refractivity contribution in [3.8, 4) is 0 Å². The molecule has 1 aromatic carbocycles. The average molecular weight is 321 g/mol. The van der Waals surface area contributed by atoms with Crippen LogP contribution in [0.1, 0.15) is 35.7 Å². The highest BCUT2D eigenvalue weighted by Crippen LogP contribution is 2.16. The van der Waals surface area contributed by atoms with Gasteiger partial charge in [-0.3, -0.25) is 4.79 Å². The van der Waals surface area contributed by atoms with E-state index < -0.39 is 0 Å². The number of aromatic amines is 1. The number of hydrogen-bond acceptors (Lipinski definition) is 3. The van der Waals surface area contributed by atoms with E-state index in [0.29, 0.717) is 6.54 Å². The Morgan fingerprint density at radius 1 is 1.12 bits per heavy atom. The Balaban J connectivity index is 1.87. The van der Waals surface area contributed by atoms with Crippen molar-refractivity contribution >= 4 is 16.7 Å². The largest absolute Gasteiger partial charge is 0.366 e. The molecule has 4 nitrogen and oxygen atoms in total. The van der Waals surface area contributed by atoms with Crippen molar-refractivity contribution in [3.05, 3.63) is 69.1 Å². The van der Waals surface area contributed by atoms with Gasteiger partial charge in [-0.1, -0.05) is 19.4 Å². The van der Waals surface area contributed by atoms with Crippen molar-refractivity contribution in [1.29, 1.82) is 0 Å². The number of aromatic nitrogens is 2. The molecule has 2 heterocycles. The molecule has 24 heavy (non-hydrogen) atoms. The number of nitrogens with zero attached hydrogens (tertiary/aromatic N) is 1. The van der Waals surface area contributed by atoms with Crippen molar-refractivity contribution in [2.45, 2.75) is 40.2 Å². The van der Waals surface area contributed by atoms with Crippen molar-refractivity contribution in [3.63, 3.8) is 0 Å². The fourth-order valence-corrected chi connectivity index (χ4v) is 2.99. The molecule has 3 aromatic rings. The van der Waals surface area contributed by atoms with E-state index in [-0.39, 0.29) is 5.56 Å². The third-order valence-corrected chi connectivity index (χ3v) is 4.08. The van der Waals surface area contributed by atoms with Gasteiger partial charge in [-0.2, -0.15) is 0 Å². The molecule has 0 aliphatic carbocycles. The van der Waals surface area contributed by atoms with Gasteiger partial charge in [0.1, 0.15) is 5.82 Å². The lowest BCUT2D eigenvalue weighted by Gasteiger charge is -2.09. The molecule has 0 atom stereocenters. The van der Waals surface area contributed by atoms with Gasteiger partial charge in [-0.15, -0.1) is 0 Å². The number of hydrogen-bond donors (Lipinski definition) is 2. The minimum atomic E-state index is -0.0531. The number of fused-ring (bicyclic) bond motifs is 1. The van der Waals surface area contributed by atoms with Crippen LogP contribution in [0.5, 0.6) is 0 Å². The van der Waals surface area contributed by atoms with Gasteiger partial charge in [0.2, 0.25) is 0 Å². The van der Waals surface area contributed by atoms with E-state index in [1.54, 1.807) is 0 Å². The highest BCUT2D eigenvalue weighted by atomic mass is 16.1. The second-order valence-electron chi connectivity index (χ2n) is 6.32. The lowest BCUT2D eigenvalue weighted by atomic mass is 10.1. The normalized spacial score (nSPS) is 11.0. The molecule has 4 heteroatoms. The monoisotopic (exact) mass is 321 g/mol. The molecular formula is C20H23N3O. The lowest BCUT2D eigenvalue weighted by molar-refractivity contribution is 0.923. The fourth-order valence-electron chi connectivity index (χ4n) is 2.99. The zero-order valence-corrected chi connectivity index (χ0v) is 14.4. The first-order valence-electron chi connectivity index (χ1n) is 8.39. The summed E-state index contributed by atoms with van der Waals surface area (Å²) in [5.41, 5.74) is 4.97. The zero-order chi connectivity index (χ0) is 17.1. The highest BCUT2D eigenvalue weighted by molar-refractivity contribution is 5.79. The first-order chi connectivity index (χ1) is 11.5. The predicted molar refractivity (Wildman–Crippen MR) is 99.6 cm³/mol. The van der Waals surface area contributed by atoms with Crippen LogP contribution in [0.15, 0.2) is 41.2 Å². The lowest BCUT2D eigenvalue weighted by Crippen LogP contribution is -2.16. The maximum atomic E-state index is 12.3. The predicted octanol–water partition coefficient (Wildman–Crippen LogP) is 4.10. The molecule has 0 aliphatic heterocycles. The summed E-state index contributed by atoms with van der Waals surface area (Å²) in [4.78, 5) is 19.7. The summed E-state index contributed by atoms with van der Waals surface area (Å²) < 4.78 is 0. The molecule has 3 rings (SSSR count). The van der Waals surface area contributed by atoms with Crippen LogP contribution in [0.2, 0.25) is 0 Å². The number of rotatable bonds is 5. The Morgan fingerprint density at radius 2 is 1.96 bits per heavy atom. The van der Waals surface area contributed by atoms with Crippen LogP contribution >= 0.6 is 0 Å². The van der Waals surface area contributed by atoms with Gasteiger partial charge in [0.15, 0.2) is 0 Å². The van der Waals surface area contributed by atoms with E-state index in [0.717, 1.165) is 46.4 Å². The maximum Gasteiger partial charge on any atom is 0.253 e. The van der Waals surface area contributed by atoms with Crippen LogP contribution in [-0.2, 0) is 13.0 Å². The van der Waals surface area contributed by atoms with Crippen LogP contribution in [-0.4, -0.2) is 9.97 Å². The van der Waals surface area contributed by atoms with E-state index in [4.69, 9.17) is 0 Å². The molecule has 124 valence electrons. The number of pyridine rings is 2. The van der Waals surface area contributed by atoms with Crippen molar-refractivity contribution in [2.24, 2.45) is 0 Å². The molecule has 2 N–H and O–H groups in total. The molecule has 0 fully saturated rings. The molecule has 0 unspecified atom stereocenters. The number of H-pyrrole nitrogens is 1. The Morgan fingerprint density at radius 3 is 2.71 bits per heavy atom. The fraction of sp³-hybridized carbons (Fsp3) is 0.300. The summed E-state index contributed by atoms with van der Waals surface area (Å²) >= 11 is 0. The van der Waals surface area contributed by atoms with E-state index in [1.165, 1.54) is 5.56 Å². The minimum absolute atomic E-state index is 0.0531. The topological polar surface area (TPSA) is 57.8 Å². The SMILES string of the molecule is CCCc1ccc2[nH]c(=O)c(CNc3cc(C)cc(C)n3)cc2c1. The summed E-state index contributed by atoms with van der Waals surface area (Å²) in [6.45, 7) is 6.64. The Kier molecular flexibility index (Phi) is 4.65. The van der Waals surface area contributed by atoms with Crippen LogP contribution in [0.3, 0.4) is 0 Å². The third-order valence-electron chi connectivity index (χ3n) is 4.08. The molecule has 2 aromatic heterocycles. The summed E-state index contributed by atoms with van der Waals surface area (Å²) in [6, 6.07) is 12.2. The van der Waals surface area contributed by atoms with Gasteiger partial charge in [0, 0.05) is 23.3 Å². The average Bonchev–Trinajstić information content (AvgIpc) is 2.52. The van der Waals surface area contributed by atoms with Crippen LogP contribution < -0.4 is 10.9 Å². The van der Waals surface area contributed by atoms with Crippen molar-refractivity contribution in [1.82, 2.24) is 9.97 Å². The molecule has 0 spiro atoms. The molecule has 0 saturated carbocycles. The van der Waals surface area contributed by atoms with Gasteiger partial charge in [-0.05, 0) is 67.1 Å². The van der Waals surface area contributed by atoms with Crippen molar-refractivity contribution < 1.29 is 0 Å². The molecule has 0 amide bonds. The number of benzene rings is 1. The second-order valence-corrected chi connectivity index (χ2v) is 6.32. The number of nitrogens with one attached hydrogen (secondary N) is 2. The van der Waals surface area contributed by atoms with Gasteiger partial charge in [0.05, 0.1) is 0 Å². The minimum Gasteiger partial charge on any atom is -0.366 e. The number of aryl methyl sites for hydroxylation is 3. The molecule has 0 bridgehead atoms. The van der Waals surface area contributed by atoms with Gasteiger partial charge in [-0.25, -0.2) is 4.98 Å². The van der Waals surface area contributed by atoms with E-state index in [2.05, 4.69) is 34.3 Å². The zero-order valence-electron chi connectivity index (χ0n) is 14.4. The third kappa shape index (κ3) is 3.65. The van der Waals surface area contributed by atoms with Crippen LogP contribution in [0, 0.1) is 13.8 Å². The first-order valence-corrected chi connectivity index (χ1v) is 8.39. The van der Waals surface area contributed by atoms with E-state index >= 15 is 0 Å². The van der Waals surface area contributed by atoms with E-state index in [1.807, 2.05) is 38.1 Å². The van der Waals surface area contributed by atoms with E-state index in [9.17, 15) is 4.79 Å². The van der Waals surface area contributed by atoms with Gasteiger partial charge < -0.3 is 10.3 Å². The summed E-state index contributed by atoms with van der Waals surface area (Å²) in [6.07, 6.45) is 2.16. The highest BCUT2D eigenvalue weighted by Gasteiger charge is 2.05. The molecule has 0 radical (unpaired) electrons. The van der Waals surface area contributed by atoms with Crippen LogP contribution in [0.4, 0.5) is 5.82 Å². The molecular weight excluding hydrogens is 298 g/mol. The second kappa shape index (κ2) is 6.87. The Bertz CT molecular complexity index is 908. The summed E-state index contributed by atoms with van der Waals surface area (Å²) in [5.74, 6) is 0.798. The van der Waals surface area contributed by atoms with Gasteiger partial charge >= 0.3 is 0 Å². The Hall–Kier alpha value is -2.62. The Labute approximate surface area is 142 Å². The standard InChI is InChI=1S/C20H23N3O/c1-4-5-15-6-7-18-16(10-15)11-17(20(24)23-18)12-21-19-9-13(2)8-14(3)22-19/h6-11H,4-5,12H2,1-3H3,(H,21,22)(H,23,24). The molecule has 0 aliphatic rings. The maximum absolute atomic E-state index is 12.3.